The molecule has 0 radical (unpaired) electrons. The van der Waals surface area contributed by atoms with Gasteiger partial charge in [0.25, 0.3) is 17.4 Å². The van der Waals surface area contributed by atoms with Crippen molar-refractivity contribution in [3.63, 3.8) is 0 Å². The number of morpholine rings is 1. The van der Waals surface area contributed by atoms with Crippen LogP contribution in [0, 0.1) is 0 Å². The van der Waals surface area contributed by atoms with Crippen molar-refractivity contribution in [1.82, 2.24) is 29.6 Å². The molecule has 0 bridgehead atoms. The monoisotopic (exact) mass is 849 g/mol. The summed E-state index contributed by atoms with van der Waals surface area (Å²) in [5, 5.41) is 3.51. The minimum atomic E-state index is -1.07. The SMILES string of the molecule is COc1cc(-c2cn(C)c(=O)c3cnc(N(C)C)cc23)cc(OC)c1CN1CCC2(CC1)CN(C(=O)CCCOc1cccc3c1C(=O)N(C1CCC(=O)NC1=O)C3=O)CCO2. The van der Waals surface area contributed by atoms with Gasteiger partial charge in [-0.2, -0.15) is 0 Å². The highest BCUT2D eigenvalue weighted by Gasteiger charge is 2.46. The Balaban J connectivity index is 0.874. The van der Waals surface area contributed by atoms with Gasteiger partial charge in [0.05, 0.1) is 55.1 Å². The second-order valence-corrected chi connectivity index (χ2v) is 16.5. The average Bonchev–Trinajstić information content (AvgIpc) is 3.52. The molecule has 62 heavy (non-hydrogen) atoms. The number of hydrogen-bond donors (Lipinski definition) is 1. The fourth-order valence-corrected chi connectivity index (χ4v) is 8.99. The fraction of sp³-hybridized carbons (Fsp3) is 0.444. The molecule has 5 amide bonds. The second-order valence-electron chi connectivity index (χ2n) is 16.5. The highest BCUT2D eigenvalue weighted by molar-refractivity contribution is 6.24. The molecule has 17 nitrogen and oxygen atoms in total. The van der Waals surface area contributed by atoms with Crippen LogP contribution in [0.4, 0.5) is 5.82 Å². The van der Waals surface area contributed by atoms with Crippen LogP contribution in [-0.4, -0.2) is 133 Å². The molecular weight excluding hydrogens is 799 g/mol. The van der Waals surface area contributed by atoms with Crippen molar-refractivity contribution in [2.75, 3.05) is 72.6 Å². The van der Waals surface area contributed by atoms with Crippen molar-refractivity contribution in [2.45, 2.75) is 56.7 Å². The number of methoxy groups -OCH3 is 2. The van der Waals surface area contributed by atoms with Crippen LogP contribution >= 0.6 is 0 Å². The fourth-order valence-electron chi connectivity index (χ4n) is 8.99. The number of aryl methyl sites for hydroxylation is 1. The number of likely N-dealkylation sites (tertiary alicyclic amines) is 1. The van der Waals surface area contributed by atoms with Gasteiger partial charge in [-0.25, -0.2) is 4.98 Å². The van der Waals surface area contributed by atoms with E-state index >= 15 is 0 Å². The van der Waals surface area contributed by atoms with E-state index in [4.69, 9.17) is 18.9 Å². The van der Waals surface area contributed by atoms with Crippen molar-refractivity contribution in [3.05, 3.63) is 75.8 Å². The van der Waals surface area contributed by atoms with Gasteiger partial charge in [-0.3, -0.25) is 43.9 Å². The van der Waals surface area contributed by atoms with Crippen molar-refractivity contribution >= 4 is 46.1 Å². The minimum absolute atomic E-state index is 0.0117. The molecule has 4 aliphatic rings. The zero-order chi connectivity index (χ0) is 43.9. The molecule has 0 saturated carbocycles. The summed E-state index contributed by atoms with van der Waals surface area (Å²) in [5.41, 5.74) is 2.23. The van der Waals surface area contributed by atoms with E-state index in [-0.39, 0.29) is 54.2 Å². The lowest BCUT2D eigenvalue weighted by Gasteiger charge is -2.47. The van der Waals surface area contributed by atoms with E-state index in [1.165, 1.54) is 6.07 Å². The van der Waals surface area contributed by atoms with Gasteiger partial charge in [-0.15, -0.1) is 0 Å². The summed E-state index contributed by atoms with van der Waals surface area (Å²) in [6, 6.07) is 9.54. The lowest BCUT2D eigenvalue weighted by molar-refractivity contribution is -0.159. The van der Waals surface area contributed by atoms with Crippen LogP contribution in [-0.2, 0) is 32.7 Å². The van der Waals surface area contributed by atoms with E-state index in [1.807, 2.05) is 48.3 Å². The molecule has 8 rings (SSSR count). The maximum absolute atomic E-state index is 13.5. The van der Waals surface area contributed by atoms with E-state index < -0.39 is 35.3 Å². The third-order valence-corrected chi connectivity index (χ3v) is 12.4. The smallest absolute Gasteiger partial charge is 0.266 e. The topological polar surface area (TPSA) is 182 Å². The van der Waals surface area contributed by atoms with Crippen LogP contribution < -0.4 is 30.0 Å². The zero-order valence-electron chi connectivity index (χ0n) is 35.7. The highest BCUT2D eigenvalue weighted by atomic mass is 16.5. The largest absolute Gasteiger partial charge is 0.496 e. The van der Waals surface area contributed by atoms with Gasteiger partial charge in [0, 0.05) is 90.1 Å². The molecule has 17 heteroatoms. The number of fused-ring (bicyclic) bond motifs is 2. The van der Waals surface area contributed by atoms with E-state index in [0.717, 1.165) is 58.7 Å². The number of anilines is 1. The number of nitrogens with zero attached hydrogens (tertiary/aromatic N) is 6. The first kappa shape index (κ1) is 42.4. The zero-order valence-corrected chi connectivity index (χ0v) is 35.7. The maximum atomic E-state index is 13.5. The van der Waals surface area contributed by atoms with Gasteiger partial charge < -0.3 is 33.3 Å². The van der Waals surface area contributed by atoms with E-state index in [1.54, 1.807) is 44.2 Å². The standard InChI is InChI=1S/C45H51N7O10/c1-48(2)37-22-29-30(23-46-37)42(56)49(3)24-31(29)27-20-35(59-4)32(36(21-27)60-5)25-50-15-13-45(14-16-50)26-51(17-19-62-45)39(54)10-7-18-61-34-9-6-8-28-40(34)44(58)52(43(28)57)33-11-12-38(53)47-41(33)55/h6,8-9,20-24,33H,7,10-19,25-26H2,1-5H3,(H,47,53,55). The molecule has 3 saturated heterocycles. The number of aromatic nitrogens is 2. The molecular formula is C45H51N7O10. The number of pyridine rings is 2. The van der Waals surface area contributed by atoms with Crippen LogP contribution in [0.1, 0.15) is 64.8 Å². The lowest BCUT2D eigenvalue weighted by atomic mass is 9.88. The number of rotatable bonds is 12. The van der Waals surface area contributed by atoms with Gasteiger partial charge >= 0.3 is 0 Å². The number of carbonyl (C=O) groups is 5. The number of nitrogens with one attached hydrogen (secondary N) is 1. The quantitative estimate of drug-likeness (QED) is 0.162. The molecule has 1 atom stereocenters. The summed E-state index contributed by atoms with van der Waals surface area (Å²) in [6.07, 6.45) is 5.62. The van der Waals surface area contributed by atoms with Crippen LogP contribution in [0.2, 0.25) is 0 Å². The molecule has 4 aliphatic heterocycles. The first-order valence-corrected chi connectivity index (χ1v) is 20.8. The molecule has 0 aliphatic carbocycles. The third kappa shape index (κ3) is 7.97. The van der Waals surface area contributed by atoms with Crippen molar-refractivity contribution in [1.29, 1.82) is 0 Å². The number of carbonyl (C=O) groups excluding carboxylic acids is 5. The first-order valence-electron chi connectivity index (χ1n) is 20.8. The summed E-state index contributed by atoms with van der Waals surface area (Å²) in [6.45, 7) is 3.60. The predicted molar refractivity (Wildman–Crippen MR) is 227 cm³/mol. The summed E-state index contributed by atoms with van der Waals surface area (Å²) in [4.78, 5) is 88.8. The summed E-state index contributed by atoms with van der Waals surface area (Å²) < 4.78 is 25.9. The number of piperidine rings is 2. The van der Waals surface area contributed by atoms with Crippen LogP contribution in [0.15, 0.2) is 53.6 Å². The number of ether oxygens (including phenoxy) is 4. The Morgan fingerprint density at radius 3 is 2.39 bits per heavy atom. The Hall–Kier alpha value is -6.33. The summed E-state index contributed by atoms with van der Waals surface area (Å²) in [7, 11) is 8.83. The molecule has 6 heterocycles. The van der Waals surface area contributed by atoms with Gasteiger partial charge in [0.2, 0.25) is 17.7 Å². The van der Waals surface area contributed by atoms with Gasteiger partial charge in [-0.05, 0) is 61.6 Å². The Bertz CT molecular complexity index is 2500. The van der Waals surface area contributed by atoms with Gasteiger partial charge in [-0.1, -0.05) is 6.07 Å². The number of amides is 5. The lowest BCUT2D eigenvalue weighted by Crippen LogP contribution is -2.57. The third-order valence-electron chi connectivity index (χ3n) is 12.4. The molecule has 2 aromatic heterocycles. The Morgan fingerprint density at radius 1 is 0.952 bits per heavy atom. The van der Waals surface area contributed by atoms with Gasteiger partial charge in [0.1, 0.15) is 29.1 Å². The Kier molecular flexibility index (Phi) is 11.8. The second kappa shape index (κ2) is 17.2. The number of benzene rings is 2. The molecule has 1 unspecified atom stereocenters. The van der Waals surface area contributed by atoms with E-state index in [0.29, 0.717) is 49.5 Å². The molecule has 3 fully saturated rings. The van der Waals surface area contributed by atoms with Crippen LogP contribution in [0.3, 0.4) is 0 Å². The first-order chi connectivity index (χ1) is 29.8. The highest BCUT2D eigenvalue weighted by Crippen LogP contribution is 2.40. The molecule has 1 spiro atoms. The van der Waals surface area contributed by atoms with E-state index in [2.05, 4.69) is 15.2 Å². The van der Waals surface area contributed by atoms with Crippen molar-refractivity contribution in [2.24, 2.45) is 7.05 Å². The number of imide groups is 2. The van der Waals surface area contributed by atoms with Crippen molar-refractivity contribution in [3.8, 4) is 28.4 Å². The Morgan fingerprint density at radius 2 is 1.69 bits per heavy atom. The van der Waals surface area contributed by atoms with Gasteiger partial charge in [0.15, 0.2) is 0 Å². The molecule has 1 N–H and O–H groups in total. The molecule has 326 valence electrons. The maximum Gasteiger partial charge on any atom is 0.266 e. The van der Waals surface area contributed by atoms with Crippen LogP contribution in [0.5, 0.6) is 17.2 Å². The number of hydrogen-bond acceptors (Lipinski definition) is 13. The normalized spacial score (nSPS) is 18.9. The Labute approximate surface area is 358 Å². The minimum Gasteiger partial charge on any atom is -0.496 e. The molecule has 2 aromatic carbocycles. The summed E-state index contributed by atoms with van der Waals surface area (Å²) in [5.74, 6) is -0.0929. The predicted octanol–water partition coefficient (Wildman–Crippen LogP) is 3.14. The van der Waals surface area contributed by atoms with Crippen molar-refractivity contribution < 1.29 is 42.9 Å². The van der Waals surface area contributed by atoms with E-state index in [9.17, 15) is 28.8 Å². The average molecular weight is 850 g/mol. The molecule has 4 aromatic rings. The van der Waals surface area contributed by atoms with Crippen LogP contribution in [0.25, 0.3) is 21.9 Å². The summed E-state index contributed by atoms with van der Waals surface area (Å²) >= 11 is 0.